The van der Waals surface area contributed by atoms with Gasteiger partial charge in [0.25, 0.3) is 0 Å². The SMILES string of the molecule is S=C(NCc1ccccc1)NC1=NCCCN1Cc1ccccc1. The van der Waals surface area contributed by atoms with Crippen LogP contribution < -0.4 is 10.6 Å². The Morgan fingerprint density at radius 1 is 1.00 bits per heavy atom. The van der Waals surface area contributed by atoms with Crippen molar-refractivity contribution in [3.63, 3.8) is 0 Å². The third-order valence-electron chi connectivity index (χ3n) is 3.88. The highest BCUT2D eigenvalue weighted by atomic mass is 32.1. The molecule has 2 aromatic rings. The maximum atomic E-state index is 5.42. The predicted octanol–water partition coefficient (Wildman–Crippen LogP) is 2.91. The van der Waals surface area contributed by atoms with Crippen LogP contribution in [0.15, 0.2) is 65.7 Å². The fourth-order valence-corrected chi connectivity index (χ4v) is 2.82. The number of benzene rings is 2. The molecule has 0 radical (unpaired) electrons. The highest BCUT2D eigenvalue weighted by molar-refractivity contribution is 7.80. The van der Waals surface area contributed by atoms with Crippen LogP contribution in [0.5, 0.6) is 0 Å². The predicted molar refractivity (Wildman–Crippen MR) is 103 cm³/mol. The summed E-state index contributed by atoms with van der Waals surface area (Å²) >= 11 is 5.42. The first-order chi connectivity index (χ1) is 11.8. The molecule has 0 spiro atoms. The first-order valence-corrected chi connectivity index (χ1v) is 8.64. The zero-order valence-electron chi connectivity index (χ0n) is 13.6. The summed E-state index contributed by atoms with van der Waals surface area (Å²) in [5.74, 6) is 0.857. The second kappa shape index (κ2) is 8.45. The van der Waals surface area contributed by atoms with E-state index in [-0.39, 0.29) is 0 Å². The summed E-state index contributed by atoms with van der Waals surface area (Å²) in [5, 5.41) is 7.11. The molecule has 1 aliphatic rings. The minimum atomic E-state index is 0.609. The van der Waals surface area contributed by atoms with E-state index >= 15 is 0 Å². The second-order valence-electron chi connectivity index (χ2n) is 5.76. The van der Waals surface area contributed by atoms with Crippen LogP contribution in [0, 0.1) is 0 Å². The molecule has 0 aromatic heterocycles. The Bertz CT molecular complexity index is 685. The fraction of sp³-hybridized carbons (Fsp3) is 0.263. The standard InChI is InChI=1S/C19H22N4S/c24-19(21-14-16-8-3-1-4-9-16)22-18-20-12-7-13-23(18)15-17-10-5-2-6-11-17/h1-6,8-11H,7,12-15H2,(H2,20,21,22,24). The number of nitrogens with zero attached hydrogens (tertiary/aromatic N) is 2. The van der Waals surface area contributed by atoms with Gasteiger partial charge in [-0.05, 0) is 29.8 Å². The third kappa shape index (κ3) is 4.80. The van der Waals surface area contributed by atoms with Crippen molar-refractivity contribution in [3.8, 4) is 0 Å². The zero-order valence-corrected chi connectivity index (χ0v) is 14.4. The summed E-state index contributed by atoms with van der Waals surface area (Å²) in [4.78, 5) is 6.85. The van der Waals surface area contributed by atoms with Crippen LogP contribution in [0.3, 0.4) is 0 Å². The maximum Gasteiger partial charge on any atom is 0.200 e. The molecule has 2 aromatic carbocycles. The molecule has 0 saturated carbocycles. The van der Waals surface area contributed by atoms with Gasteiger partial charge in [0.1, 0.15) is 0 Å². The average molecular weight is 338 g/mol. The summed E-state index contributed by atoms with van der Waals surface area (Å²) < 4.78 is 0. The lowest BCUT2D eigenvalue weighted by atomic mass is 10.2. The Hall–Kier alpha value is -2.40. The van der Waals surface area contributed by atoms with E-state index in [9.17, 15) is 0 Å². The Morgan fingerprint density at radius 2 is 1.67 bits per heavy atom. The summed E-state index contributed by atoms with van der Waals surface area (Å²) in [6.07, 6.45) is 1.07. The normalized spacial score (nSPS) is 14.0. The van der Waals surface area contributed by atoms with E-state index in [2.05, 4.69) is 56.9 Å². The molecule has 124 valence electrons. The Balaban J connectivity index is 1.55. The first-order valence-electron chi connectivity index (χ1n) is 8.23. The van der Waals surface area contributed by atoms with Crippen molar-refractivity contribution in [2.45, 2.75) is 19.5 Å². The lowest BCUT2D eigenvalue weighted by Crippen LogP contribution is -2.49. The van der Waals surface area contributed by atoms with Gasteiger partial charge in [0.05, 0.1) is 0 Å². The number of rotatable bonds is 4. The van der Waals surface area contributed by atoms with Crippen LogP contribution in [0.1, 0.15) is 17.5 Å². The van der Waals surface area contributed by atoms with Crippen LogP contribution in [-0.2, 0) is 13.1 Å². The molecule has 0 fully saturated rings. The number of thiocarbonyl (C=S) groups is 1. The van der Waals surface area contributed by atoms with Crippen molar-refractivity contribution in [1.82, 2.24) is 15.5 Å². The van der Waals surface area contributed by atoms with E-state index in [1.165, 1.54) is 11.1 Å². The van der Waals surface area contributed by atoms with Crippen LogP contribution in [0.4, 0.5) is 0 Å². The van der Waals surface area contributed by atoms with Gasteiger partial charge in [0.2, 0.25) is 5.96 Å². The van der Waals surface area contributed by atoms with Crippen molar-refractivity contribution in [2.75, 3.05) is 13.1 Å². The molecule has 0 amide bonds. The molecule has 1 heterocycles. The molecule has 0 unspecified atom stereocenters. The van der Waals surface area contributed by atoms with Gasteiger partial charge in [-0.2, -0.15) is 0 Å². The van der Waals surface area contributed by atoms with Crippen molar-refractivity contribution in [2.24, 2.45) is 4.99 Å². The van der Waals surface area contributed by atoms with Gasteiger partial charge in [-0.3, -0.25) is 4.99 Å². The maximum absolute atomic E-state index is 5.42. The van der Waals surface area contributed by atoms with Gasteiger partial charge >= 0.3 is 0 Å². The van der Waals surface area contributed by atoms with E-state index < -0.39 is 0 Å². The quantitative estimate of drug-likeness (QED) is 0.841. The molecule has 4 nitrogen and oxygen atoms in total. The molecule has 2 N–H and O–H groups in total. The van der Waals surface area contributed by atoms with Gasteiger partial charge in [-0.1, -0.05) is 60.7 Å². The topological polar surface area (TPSA) is 39.7 Å². The Morgan fingerprint density at radius 3 is 2.38 bits per heavy atom. The van der Waals surface area contributed by atoms with E-state index in [4.69, 9.17) is 12.2 Å². The lowest BCUT2D eigenvalue weighted by molar-refractivity contribution is 0.379. The molecule has 3 rings (SSSR count). The molecule has 0 atom stereocenters. The van der Waals surface area contributed by atoms with Crippen molar-refractivity contribution in [1.29, 1.82) is 0 Å². The number of hydrogen-bond donors (Lipinski definition) is 2. The number of guanidine groups is 1. The van der Waals surface area contributed by atoms with E-state index in [1.807, 2.05) is 24.3 Å². The van der Waals surface area contributed by atoms with Crippen molar-refractivity contribution < 1.29 is 0 Å². The molecule has 1 aliphatic heterocycles. The highest BCUT2D eigenvalue weighted by Gasteiger charge is 2.16. The van der Waals surface area contributed by atoms with Crippen LogP contribution in [0.2, 0.25) is 0 Å². The largest absolute Gasteiger partial charge is 0.358 e. The molecule has 0 bridgehead atoms. The minimum Gasteiger partial charge on any atom is -0.358 e. The van der Waals surface area contributed by atoms with Crippen molar-refractivity contribution in [3.05, 3.63) is 71.8 Å². The molecule has 0 aliphatic carbocycles. The van der Waals surface area contributed by atoms with Crippen LogP contribution in [0.25, 0.3) is 0 Å². The van der Waals surface area contributed by atoms with Gasteiger partial charge in [-0.15, -0.1) is 0 Å². The van der Waals surface area contributed by atoms with Gasteiger partial charge < -0.3 is 15.5 Å². The minimum absolute atomic E-state index is 0.609. The highest BCUT2D eigenvalue weighted by Crippen LogP contribution is 2.09. The molecular weight excluding hydrogens is 316 g/mol. The van der Waals surface area contributed by atoms with Crippen LogP contribution in [-0.4, -0.2) is 29.1 Å². The molecular formula is C19H22N4S. The zero-order chi connectivity index (χ0) is 16.6. The van der Waals surface area contributed by atoms with Gasteiger partial charge in [-0.25, -0.2) is 0 Å². The van der Waals surface area contributed by atoms with Crippen molar-refractivity contribution >= 4 is 23.3 Å². The van der Waals surface area contributed by atoms with Crippen LogP contribution >= 0.6 is 12.2 Å². The summed E-state index contributed by atoms with van der Waals surface area (Å²) in [6, 6.07) is 20.7. The summed E-state index contributed by atoms with van der Waals surface area (Å²) in [6.45, 7) is 3.38. The van der Waals surface area contributed by atoms with Gasteiger partial charge in [0, 0.05) is 26.2 Å². The smallest absolute Gasteiger partial charge is 0.200 e. The lowest BCUT2D eigenvalue weighted by Gasteiger charge is -2.30. The summed E-state index contributed by atoms with van der Waals surface area (Å²) in [7, 11) is 0. The number of aliphatic imine (C=N–C) groups is 1. The molecule has 24 heavy (non-hydrogen) atoms. The average Bonchev–Trinajstić information content (AvgIpc) is 2.63. The second-order valence-corrected chi connectivity index (χ2v) is 6.17. The number of nitrogens with one attached hydrogen (secondary N) is 2. The van der Waals surface area contributed by atoms with E-state index in [0.29, 0.717) is 11.7 Å². The summed E-state index contributed by atoms with van der Waals surface area (Å²) in [5.41, 5.74) is 2.48. The molecule has 5 heteroatoms. The number of hydrogen-bond acceptors (Lipinski definition) is 3. The Labute approximate surface area is 148 Å². The Kier molecular flexibility index (Phi) is 5.80. The van der Waals surface area contributed by atoms with Gasteiger partial charge in [0.15, 0.2) is 5.11 Å². The first kappa shape index (κ1) is 16.5. The third-order valence-corrected chi connectivity index (χ3v) is 4.13. The van der Waals surface area contributed by atoms with E-state index in [0.717, 1.165) is 32.0 Å². The molecule has 0 saturated heterocycles. The van der Waals surface area contributed by atoms with E-state index in [1.54, 1.807) is 0 Å². The monoisotopic (exact) mass is 338 g/mol. The fourth-order valence-electron chi connectivity index (χ4n) is 2.65.